The van der Waals surface area contributed by atoms with Gasteiger partial charge in [0.25, 0.3) is 0 Å². The smallest absolute Gasteiger partial charge is 0.417 e. The Bertz CT molecular complexity index is 1150. The van der Waals surface area contributed by atoms with Crippen molar-refractivity contribution >= 4 is 17.1 Å². The largest absolute Gasteiger partial charge is 0.438 e. The molecule has 2 amide bonds. The van der Waals surface area contributed by atoms with E-state index < -0.39 is 11.7 Å². The summed E-state index contributed by atoms with van der Waals surface area (Å²) in [5.74, 6) is 0.433. The van der Waals surface area contributed by atoms with Gasteiger partial charge < -0.3 is 14.6 Å². The number of alkyl halides is 3. The van der Waals surface area contributed by atoms with Crippen LogP contribution in [0.3, 0.4) is 0 Å². The predicted octanol–water partition coefficient (Wildman–Crippen LogP) is 6.69. The lowest BCUT2D eigenvalue weighted by atomic mass is 9.96. The number of halogens is 3. The van der Waals surface area contributed by atoms with Crippen LogP contribution in [-0.4, -0.2) is 28.5 Å². The van der Waals surface area contributed by atoms with Gasteiger partial charge in [0.05, 0.1) is 5.56 Å². The van der Waals surface area contributed by atoms with E-state index in [1.54, 1.807) is 29.2 Å². The molecule has 1 aliphatic heterocycles. The third-order valence-electron chi connectivity index (χ3n) is 6.68. The van der Waals surface area contributed by atoms with Crippen LogP contribution >= 0.6 is 0 Å². The van der Waals surface area contributed by atoms with Gasteiger partial charge in [-0.15, -0.1) is 0 Å². The molecule has 2 fully saturated rings. The number of oxazole rings is 1. The molecular weight excluding hydrogens is 431 g/mol. The Balaban J connectivity index is 1.40. The first-order valence-electron chi connectivity index (χ1n) is 11.5. The number of fused-ring (bicyclic) bond motifs is 1. The summed E-state index contributed by atoms with van der Waals surface area (Å²) in [6, 6.07) is 10.2. The van der Waals surface area contributed by atoms with Gasteiger partial charge in [-0.3, -0.25) is 0 Å². The zero-order valence-corrected chi connectivity index (χ0v) is 18.2. The summed E-state index contributed by atoms with van der Waals surface area (Å²) < 4.78 is 46.4. The lowest BCUT2D eigenvalue weighted by Gasteiger charge is -2.28. The third-order valence-corrected chi connectivity index (χ3v) is 6.68. The zero-order chi connectivity index (χ0) is 23.0. The van der Waals surface area contributed by atoms with Crippen molar-refractivity contribution in [1.82, 2.24) is 15.2 Å². The molecule has 1 atom stereocenters. The van der Waals surface area contributed by atoms with Crippen LogP contribution in [0.1, 0.15) is 62.4 Å². The number of carbonyl (C=O) groups is 1. The highest BCUT2D eigenvalue weighted by Crippen LogP contribution is 2.39. The summed E-state index contributed by atoms with van der Waals surface area (Å²) >= 11 is 0. The Hall–Kier alpha value is -3.03. The molecule has 5 rings (SSSR count). The van der Waals surface area contributed by atoms with E-state index in [4.69, 9.17) is 4.42 Å². The Labute approximate surface area is 190 Å². The summed E-state index contributed by atoms with van der Waals surface area (Å²) in [5.41, 5.74) is 0.825. The highest BCUT2D eigenvalue weighted by molar-refractivity contribution is 5.82. The number of amides is 2. The van der Waals surface area contributed by atoms with E-state index in [1.165, 1.54) is 18.6 Å². The van der Waals surface area contributed by atoms with Crippen LogP contribution in [0.15, 0.2) is 46.9 Å². The average Bonchev–Trinajstić information content (AvgIpc) is 3.45. The topological polar surface area (TPSA) is 58.4 Å². The van der Waals surface area contributed by atoms with Crippen molar-refractivity contribution in [3.8, 4) is 11.1 Å². The van der Waals surface area contributed by atoms with Gasteiger partial charge >= 0.3 is 12.2 Å². The molecule has 33 heavy (non-hydrogen) atoms. The molecule has 1 N–H and O–H groups in total. The second-order valence-corrected chi connectivity index (χ2v) is 8.91. The molecule has 5 nitrogen and oxygen atoms in total. The lowest BCUT2D eigenvalue weighted by Crippen LogP contribution is -2.45. The molecule has 0 radical (unpaired) electrons. The van der Waals surface area contributed by atoms with Gasteiger partial charge in [0.2, 0.25) is 5.89 Å². The minimum Gasteiger partial charge on any atom is -0.438 e. The van der Waals surface area contributed by atoms with Gasteiger partial charge in [-0.25, -0.2) is 9.78 Å². The molecule has 2 aromatic carbocycles. The van der Waals surface area contributed by atoms with E-state index in [0.717, 1.165) is 44.6 Å². The second kappa shape index (κ2) is 8.72. The first-order chi connectivity index (χ1) is 15.9. The van der Waals surface area contributed by atoms with Gasteiger partial charge in [-0.2, -0.15) is 13.2 Å². The van der Waals surface area contributed by atoms with Crippen molar-refractivity contribution in [2.75, 3.05) is 6.54 Å². The van der Waals surface area contributed by atoms with Crippen molar-refractivity contribution in [1.29, 1.82) is 0 Å². The predicted molar refractivity (Wildman–Crippen MR) is 119 cm³/mol. The van der Waals surface area contributed by atoms with Gasteiger partial charge in [0.1, 0.15) is 11.6 Å². The van der Waals surface area contributed by atoms with Crippen molar-refractivity contribution in [2.45, 2.75) is 63.2 Å². The maximum atomic E-state index is 13.5. The Morgan fingerprint density at radius 2 is 1.82 bits per heavy atom. The molecule has 0 unspecified atom stereocenters. The number of rotatable bonds is 3. The maximum absolute atomic E-state index is 13.5. The van der Waals surface area contributed by atoms with E-state index in [2.05, 4.69) is 10.3 Å². The summed E-state index contributed by atoms with van der Waals surface area (Å²) in [6.45, 7) is 0.631. The van der Waals surface area contributed by atoms with E-state index in [-0.39, 0.29) is 23.7 Å². The molecule has 1 saturated carbocycles. The highest BCUT2D eigenvalue weighted by atomic mass is 19.4. The number of carbonyl (C=O) groups excluding carboxylic acids is 1. The Morgan fingerprint density at radius 1 is 1.03 bits per heavy atom. The molecule has 174 valence electrons. The van der Waals surface area contributed by atoms with E-state index >= 15 is 0 Å². The number of hydrogen-bond acceptors (Lipinski definition) is 3. The van der Waals surface area contributed by atoms with Crippen LogP contribution < -0.4 is 5.32 Å². The average molecular weight is 457 g/mol. The number of likely N-dealkylation sites (tertiary alicyclic amines) is 1. The molecular formula is C25H26F3N3O2. The molecule has 2 heterocycles. The van der Waals surface area contributed by atoms with E-state index in [9.17, 15) is 18.0 Å². The van der Waals surface area contributed by atoms with Crippen LogP contribution in [0.5, 0.6) is 0 Å². The lowest BCUT2D eigenvalue weighted by molar-refractivity contribution is -0.137. The van der Waals surface area contributed by atoms with Crippen molar-refractivity contribution < 1.29 is 22.4 Å². The van der Waals surface area contributed by atoms with Gasteiger partial charge in [-0.1, -0.05) is 43.5 Å². The molecule has 3 aromatic rings. The monoisotopic (exact) mass is 457 g/mol. The van der Waals surface area contributed by atoms with Crippen LogP contribution in [0, 0.1) is 0 Å². The number of hydrogen-bond donors (Lipinski definition) is 1. The van der Waals surface area contributed by atoms with Crippen LogP contribution in [-0.2, 0) is 6.18 Å². The first-order valence-corrected chi connectivity index (χ1v) is 11.5. The van der Waals surface area contributed by atoms with Crippen LogP contribution in [0.2, 0.25) is 0 Å². The first kappa shape index (κ1) is 21.8. The summed E-state index contributed by atoms with van der Waals surface area (Å²) in [5, 5.41) is 3.16. The van der Waals surface area contributed by atoms with Crippen molar-refractivity contribution in [3.63, 3.8) is 0 Å². The maximum Gasteiger partial charge on any atom is 0.417 e. The third kappa shape index (κ3) is 4.43. The van der Waals surface area contributed by atoms with Crippen LogP contribution in [0.4, 0.5) is 18.0 Å². The second-order valence-electron chi connectivity index (χ2n) is 8.91. The number of aromatic nitrogens is 1. The fraction of sp³-hybridized carbons (Fsp3) is 0.440. The van der Waals surface area contributed by atoms with E-state index in [1.807, 2.05) is 0 Å². The van der Waals surface area contributed by atoms with Crippen molar-refractivity contribution in [2.24, 2.45) is 0 Å². The summed E-state index contributed by atoms with van der Waals surface area (Å²) in [6.07, 6.45) is 2.66. The van der Waals surface area contributed by atoms with E-state index in [0.29, 0.717) is 29.1 Å². The Morgan fingerprint density at radius 3 is 2.61 bits per heavy atom. The normalized spacial score (nSPS) is 19.8. The highest BCUT2D eigenvalue weighted by Gasteiger charge is 2.35. The van der Waals surface area contributed by atoms with Gasteiger partial charge in [-0.05, 0) is 55.0 Å². The molecule has 1 saturated heterocycles. The molecule has 2 aliphatic rings. The summed E-state index contributed by atoms with van der Waals surface area (Å²) in [7, 11) is 0. The fourth-order valence-corrected chi connectivity index (χ4v) is 5.01. The number of urea groups is 1. The molecule has 0 bridgehead atoms. The van der Waals surface area contributed by atoms with Crippen LogP contribution in [0.25, 0.3) is 22.2 Å². The van der Waals surface area contributed by atoms with Gasteiger partial charge in [0, 0.05) is 12.6 Å². The fourth-order valence-electron chi connectivity index (χ4n) is 5.01. The molecule has 1 aliphatic carbocycles. The number of nitrogens with zero attached hydrogens (tertiary/aromatic N) is 2. The quantitative estimate of drug-likeness (QED) is 0.477. The summed E-state index contributed by atoms with van der Waals surface area (Å²) in [4.78, 5) is 19.3. The molecule has 0 spiro atoms. The number of benzene rings is 2. The van der Waals surface area contributed by atoms with Crippen molar-refractivity contribution in [3.05, 3.63) is 53.9 Å². The number of nitrogens with one attached hydrogen (secondary N) is 1. The molecule has 8 heteroatoms. The minimum absolute atomic E-state index is 0.0913. The zero-order valence-electron chi connectivity index (χ0n) is 18.2. The standard InChI is InChI=1S/C25H26F3N3O2/c26-25(27,28)19-10-5-4-9-18(19)16-12-13-22-20(15-16)30-23(33-22)21-11-6-14-31(21)24(32)29-17-7-2-1-3-8-17/h4-5,9-10,12-13,15,17,21H,1-3,6-8,11,14H2,(H,29,32)/t21-/m1/s1. The SMILES string of the molecule is O=C(NC1CCCCC1)N1CCC[C@@H]1c1nc2cc(-c3ccccc3C(F)(F)F)ccc2o1. The molecule has 1 aromatic heterocycles. The Kier molecular flexibility index (Phi) is 5.76. The minimum atomic E-state index is -4.45. The van der Waals surface area contributed by atoms with Gasteiger partial charge in [0.15, 0.2) is 5.58 Å².